The molecule has 2 fully saturated rings. The highest BCUT2D eigenvalue weighted by molar-refractivity contribution is 6.30. The van der Waals surface area contributed by atoms with Crippen LogP contribution in [0.5, 0.6) is 0 Å². The Morgan fingerprint density at radius 3 is 1.95 bits per heavy atom. The molecule has 4 aliphatic rings. The Balaban J connectivity index is 1.72. The van der Waals surface area contributed by atoms with E-state index in [1.54, 1.807) is 0 Å². The van der Waals surface area contributed by atoms with Gasteiger partial charge in [0.1, 0.15) is 0 Å². The number of carbonyl (C=O) groups excluding carboxylic acids is 1. The average molecular weight is 551 g/mol. The zero-order chi connectivity index (χ0) is 28.1. The van der Waals surface area contributed by atoms with Gasteiger partial charge in [0.15, 0.2) is 0 Å². The largest absolute Gasteiger partial charge is 0.338 e. The molecule has 0 bridgehead atoms. The van der Waals surface area contributed by atoms with Crippen LogP contribution in [0.1, 0.15) is 92.1 Å². The molecule has 3 nitrogen and oxygen atoms in total. The molecular weight excluding hydrogens is 500 g/mol. The number of rotatable bonds is 6. The van der Waals surface area contributed by atoms with Gasteiger partial charge in [-0.1, -0.05) is 90.3 Å². The van der Waals surface area contributed by atoms with E-state index in [2.05, 4.69) is 82.9 Å². The Bertz CT molecular complexity index is 1070. The van der Waals surface area contributed by atoms with Crippen molar-refractivity contribution in [2.45, 2.75) is 104 Å². The molecule has 2 saturated carbocycles. The molecular formula is C35H51ClN2O. The number of carbonyl (C=O) groups is 1. The molecule has 0 saturated heterocycles. The summed E-state index contributed by atoms with van der Waals surface area (Å²) in [4.78, 5) is 18.0. The van der Waals surface area contributed by atoms with Crippen molar-refractivity contribution in [3.8, 4) is 0 Å². The van der Waals surface area contributed by atoms with Crippen molar-refractivity contribution >= 4 is 17.5 Å². The van der Waals surface area contributed by atoms with Gasteiger partial charge in [-0.2, -0.15) is 0 Å². The third-order valence-electron chi connectivity index (χ3n) is 10.9. The van der Waals surface area contributed by atoms with Crippen LogP contribution >= 0.6 is 11.6 Å². The smallest absolute Gasteiger partial charge is 0.253 e. The maximum Gasteiger partial charge on any atom is 0.253 e. The van der Waals surface area contributed by atoms with Crippen LogP contribution in [0.3, 0.4) is 0 Å². The Morgan fingerprint density at radius 1 is 0.897 bits per heavy atom. The van der Waals surface area contributed by atoms with E-state index in [4.69, 9.17) is 11.6 Å². The minimum atomic E-state index is -0.279. The molecule has 1 amide bonds. The van der Waals surface area contributed by atoms with Crippen LogP contribution in [0.25, 0.3) is 0 Å². The molecule has 5 rings (SSSR count). The topological polar surface area (TPSA) is 23.6 Å². The summed E-state index contributed by atoms with van der Waals surface area (Å²) in [6.45, 7) is 15.5. The first-order chi connectivity index (χ1) is 18.5. The molecule has 1 aromatic carbocycles. The maximum absolute atomic E-state index is 13.1. The van der Waals surface area contributed by atoms with Gasteiger partial charge in [0, 0.05) is 36.3 Å². The van der Waals surface area contributed by atoms with Crippen LogP contribution in [0.2, 0.25) is 5.02 Å². The molecule has 0 radical (unpaired) electrons. The van der Waals surface area contributed by atoms with Gasteiger partial charge in [-0.05, 0) is 90.9 Å². The van der Waals surface area contributed by atoms with Crippen LogP contribution in [-0.4, -0.2) is 41.4 Å². The lowest BCUT2D eigenvalue weighted by Crippen LogP contribution is -2.63. The lowest BCUT2D eigenvalue weighted by atomic mass is 9.65. The maximum atomic E-state index is 13.1. The summed E-state index contributed by atoms with van der Waals surface area (Å²) < 4.78 is 0. The Hall–Kier alpha value is -1.58. The van der Waals surface area contributed by atoms with Gasteiger partial charge in [0.2, 0.25) is 0 Å². The van der Waals surface area contributed by atoms with Crippen LogP contribution < -0.4 is 0 Å². The minimum absolute atomic E-state index is 0.176. The zero-order valence-corrected chi connectivity index (χ0v) is 26.2. The summed E-state index contributed by atoms with van der Waals surface area (Å²) >= 11 is 6.48. The van der Waals surface area contributed by atoms with Gasteiger partial charge in [-0.15, -0.1) is 0 Å². The zero-order valence-electron chi connectivity index (χ0n) is 25.4. The summed E-state index contributed by atoms with van der Waals surface area (Å²) in [5.74, 6) is 4.28. The van der Waals surface area contributed by atoms with E-state index in [0.717, 1.165) is 35.4 Å². The van der Waals surface area contributed by atoms with Crippen molar-refractivity contribution in [2.75, 3.05) is 13.6 Å². The van der Waals surface area contributed by atoms with Crippen LogP contribution in [0.4, 0.5) is 0 Å². The highest BCUT2D eigenvalue weighted by atomic mass is 35.5. The molecule has 1 heterocycles. The summed E-state index contributed by atoms with van der Waals surface area (Å²) in [5, 5.41) is 0.786. The molecule has 0 spiro atoms. The predicted octanol–water partition coefficient (Wildman–Crippen LogP) is 8.49. The first kappa shape index (κ1) is 28.9. The minimum Gasteiger partial charge on any atom is -0.338 e. The van der Waals surface area contributed by atoms with Crippen LogP contribution in [0.15, 0.2) is 47.6 Å². The summed E-state index contributed by atoms with van der Waals surface area (Å²) in [6, 6.07) is 9.74. The van der Waals surface area contributed by atoms with Crippen molar-refractivity contribution in [2.24, 2.45) is 35.5 Å². The number of nitrogens with zero attached hydrogens (tertiary/aromatic N) is 2. The Labute approximate surface area is 243 Å². The van der Waals surface area contributed by atoms with E-state index in [9.17, 15) is 4.79 Å². The fraction of sp³-hybridized carbons (Fsp3) is 0.686. The lowest BCUT2D eigenvalue weighted by Gasteiger charge is -2.59. The first-order valence-electron chi connectivity index (χ1n) is 15.7. The number of hydrogen-bond acceptors (Lipinski definition) is 2. The molecule has 3 aliphatic carbocycles. The third-order valence-corrected chi connectivity index (χ3v) is 11.1. The van der Waals surface area contributed by atoms with Crippen LogP contribution in [-0.2, 0) is 10.3 Å². The summed E-state index contributed by atoms with van der Waals surface area (Å²) in [7, 11) is 1.95. The fourth-order valence-corrected chi connectivity index (χ4v) is 8.92. The predicted molar refractivity (Wildman–Crippen MR) is 164 cm³/mol. The molecule has 0 N–H and O–H groups in total. The van der Waals surface area contributed by atoms with Gasteiger partial charge in [-0.3, -0.25) is 9.69 Å². The van der Waals surface area contributed by atoms with Crippen molar-refractivity contribution in [3.63, 3.8) is 0 Å². The second kappa shape index (κ2) is 11.4. The number of halogens is 1. The molecule has 7 unspecified atom stereocenters. The van der Waals surface area contributed by atoms with Crippen molar-refractivity contribution in [1.82, 2.24) is 9.80 Å². The quantitative estimate of drug-likeness (QED) is 0.354. The van der Waals surface area contributed by atoms with E-state index >= 15 is 0 Å². The lowest BCUT2D eigenvalue weighted by molar-refractivity contribution is -0.124. The van der Waals surface area contributed by atoms with Gasteiger partial charge in [0.25, 0.3) is 5.91 Å². The van der Waals surface area contributed by atoms with Gasteiger partial charge >= 0.3 is 0 Å². The highest BCUT2D eigenvalue weighted by Gasteiger charge is 2.52. The molecule has 7 atom stereocenters. The van der Waals surface area contributed by atoms with Crippen LogP contribution in [0, 0.1) is 35.5 Å². The standard InChI is InChI=1S/C35H51ClN2O/c1-22(2)29-14-8-24(5)18-32(29)38(33-19-25(6)9-15-30(33)23(3)4)35(27-10-12-28(36)13-11-27)17-16-31-26(20-35)21-37(7)34(31)39/h10-13,16-17,22-25,29-30,32-33H,8-9,14-15,18-21H2,1-7H3. The summed E-state index contributed by atoms with van der Waals surface area (Å²) in [6.07, 6.45) is 13.3. The van der Waals surface area contributed by atoms with Gasteiger partial charge in [0.05, 0.1) is 5.54 Å². The fourth-order valence-electron chi connectivity index (χ4n) is 8.79. The molecule has 1 aliphatic heterocycles. The van der Waals surface area contributed by atoms with E-state index in [1.165, 1.54) is 49.7 Å². The number of hydrogen-bond donors (Lipinski definition) is 0. The molecule has 39 heavy (non-hydrogen) atoms. The second-order valence-corrected chi connectivity index (χ2v) is 14.8. The molecule has 214 valence electrons. The third kappa shape index (κ3) is 5.40. The normalized spacial score (nSPS) is 35.5. The molecule has 4 heteroatoms. The summed E-state index contributed by atoms with van der Waals surface area (Å²) in [5.41, 5.74) is 3.29. The van der Waals surface area contributed by atoms with Crippen molar-refractivity contribution in [3.05, 3.63) is 58.1 Å². The van der Waals surface area contributed by atoms with Crippen molar-refractivity contribution < 1.29 is 4.79 Å². The molecule has 1 aromatic rings. The van der Waals surface area contributed by atoms with E-state index in [1.807, 2.05) is 11.9 Å². The second-order valence-electron chi connectivity index (χ2n) is 14.3. The number of amides is 1. The van der Waals surface area contributed by atoms with Gasteiger partial charge < -0.3 is 4.90 Å². The Morgan fingerprint density at radius 2 is 1.44 bits per heavy atom. The first-order valence-corrected chi connectivity index (χ1v) is 16.1. The van der Waals surface area contributed by atoms with Gasteiger partial charge in [-0.25, -0.2) is 0 Å². The number of likely N-dealkylation sites (N-methyl/N-ethyl adjacent to an activating group) is 1. The monoisotopic (exact) mass is 550 g/mol. The molecule has 0 aromatic heterocycles. The Kier molecular flexibility index (Phi) is 8.43. The SMILES string of the molecule is CC1CCC(C(C)C)C(N(C2CC(C)CCC2C(C)C)C2(c3ccc(Cl)cc3)C=CC3=C(CN(C)C3=O)C2)C1. The van der Waals surface area contributed by atoms with E-state index in [-0.39, 0.29) is 11.4 Å². The van der Waals surface area contributed by atoms with E-state index in [0.29, 0.717) is 35.8 Å². The van der Waals surface area contributed by atoms with E-state index < -0.39 is 0 Å². The average Bonchev–Trinajstić information content (AvgIpc) is 3.16. The number of benzene rings is 1. The van der Waals surface area contributed by atoms with Crippen molar-refractivity contribution in [1.29, 1.82) is 0 Å². The highest BCUT2D eigenvalue weighted by Crippen LogP contribution is 2.52.